The third-order valence-electron chi connectivity index (χ3n) is 5.79. The highest BCUT2D eigenvalue weighted by atomic mass is 32.2. The second kappa shape index (κ2) is 5.65. The third-order valence-corrected chi connectivity index (χ3v) is 6.95. The quantitative estimate of drug-likeness (QED) is 0.364. The molecule has 28 heavy (non-hydrogen) atoms. The summed E-state index contributed by atoms with van der Waals surface area (Å²) in [4.78, 5) is 2.56. The summed E-state index contributed by atoms with van der Waals surface area (Å²) in [6.45, 7) is 0. The molecule has 0 amide bonds. The van der Waals surface area contributed by atoms with Crippen LogP contribution in [0.5, 0.6) is 0 Å². The first-order valence-corrected chi connectivity index (χ1v) is 10.1. The van der Waals surface area contributed by atoms with Crippen LogP contribution in [0.15, 0.2) is 94.7 Å². The number of hydrazine groups is 1. The summed E-state index contributed by atoms with van der Waals surface area (Å²) in [5.41, 5.74) is 6.38. The van der Waals surface area contributed by atoms with E-state index in [1.165, 1.54) is 26.5 Å². The number of nitrogens with two attached hydrogens (primary N) is 1. The van der Waals surface area contributed by atoms with Crippen LogP contribution in [-0.2, 0) is 5.41 Å². The number of benzene rings is 3. The van der Waals surface area contributed by atoms with Crippen molar-refractivity contribution in [2.45, 2.75) is 15.2 Å². The zero-order chi connectivity index (χ0) is 18.7. The molecule has 2 heterocycles. The zero-order valence-corrected chi connectivity index (χ0v) is 15.8. The Hall–Kier alpha value is -3.19. The van der Waals surface area contributed by atoms with Crippen molar-refractivity contribution in [3.63, 3.8) is 0 Å². The van der Waals surface area contributed by atoms with E-state index < -0.39 is 5.41 Å². The van der Waals surface area contributed by atoms with Crippen molar-refractivity contribution in [1.82, 2.24) is 0 Å². The number of hydrogen-bond acceptors (Lipinski definition) is 3. The first-order valence-electron chi connectivity index (χ1n) is 9.26. The Morgan fingerprint density at radius 2 is 1.32 bits per heavy atom. The highest BCUT2D eigenvalue weighted by Gasteiger charge is 2.49. The summed E-state index contributed by atoms with van der Waals surface area (Å²) in [5, 5.41) is 1.75. The van der Waals surface area contributed by atoms with Gasteiger partial charge in [0, 0.05) is 15.4 Å². The summed E-state index contributed by atoms with van der Waals surface area (Å²) in [5.74, 6) is 6.56. The summed E-state index contributed by atoms with van der Waals surface area (Å²) >= 11 is 1.84. The van der Waals surface area contributed by atoms with Gasteiger partial charge in [-0.25, -0.2) is 5.84 Å². The Balaban J connectivity index is 1.86. The molecule has 2 aliphatic heterocycles. The predicted molar refractivity (Wildman–Crippen MR) is 113 cm³/mol. The van der Waals surface area contributed by atoms with E-state index in [9.17, 15) is 0 Å². The molecule has 0 radical (unpaired) electrons. The molecule has 2 nitrogen and oxygen atoms in total. The van der Waals surface area contributed by atoms with Gasteiger partial charge in [-0.3, -0.25) is 5.01 Å². The average Bonchev–Trinajstić information content (AvgIpc) is 2.77. The lowest BCUT2D eigenvalue weighted by Gasteiger charge is -2.47. The second-order valence-corrected chi connectivity index (χ2v) is 8.18. The van der Waals surface area contributed by atoms with Crippen LogP contribution in [0.25, 0.3) is 0 Å². The zero-order valence-electron chi connectivity index (χ0n) is 15.0. The van der Waals surface area contributed by atoms with Crippen LogP contribution < -0.4 is 10.9 Å². The summed E-state index contributed by atoms with van der Waals surface area (Å²) in [7, 11) is 0. The predicted octanol–water partition coefficient (Wildman–Crippen LogP) is 5.46. The van der Waals surface area contributed by atoms with Crippen molar-refractivity contribution in [3.05, 3.63) is 119 Å². The van der Waals surface area contributed by atoms with Crippen molar-refractivity contribution in [1.29, 1.82) is 0 Å². The van der Waals surface area contributed by atoms with E-state index in [0.29, 0.717) is 0 Å². The molecular weight excluding hydrogens is 360 g/mol. The molecule has 3 heteroatoms. The lowest BCUT2D eigenvalue weighted by molar-refractivity contribution is 0.685. The fourth-order valence-corrected chi connectivity index (χ4v) is 5.91. The van der Waals surface area contributed by atoms with E-state index in [1.54, 1.807) is 5.01 Å². The Morgan fingerprint density at radius 3 is 2.04 bits per heavy atom. The number of anilines is 2. The normalized spacial score (nSPS) is 15.1. The minimum Gasteiger partial charge on any atom is -0.270 e. The van der Waals surface area contributed by atoms with Crippen LogP contribution in [0.4, 0.5) is 11.4 Å². The van der Waals surface area contributed by atoms with Gasteiger partial charge in [-0.05, 0) is 53.1 Å². The molecule has 0 atom stereocenters. The fourth-order valence-electron chi connectivity index (χ4n) is 4.72. The van der Waals surface area contributed by atoms with Crippen LogP contribution in [-0.4, -0.2) is 0 Å². The van der Waals surface area contributed by atoms with Crippen molar-refractivity contribution >= 4 is 23.1 Å². The van der Waals surface area contributed by atoms with Crippen molar-refractivity contribution in [2.75, 3.05) is 5.01 Å². The molecule has 0 aromatic heterocycles. The van der Waals surface area contributed by atoms with Crippen LogP contribution in [0.1, 0.15) is 22.3 Å². The highest BCUT2D eigenvalue weighted by molar-refractivity contribution is 7.99. The largest absolute Gasteiger partial charge is 0.270 e. The summed E-state index contributed by atoms with van der Waals surface area (Å²) in [6.07, 6.45) is 0. The lowest BCUT2D eigenvalue weighted by atomic mass is 9.62. The fraction of sp³-hybridized carbons (Fsp3) is 0.0400. The molecule has 132 valence electrons. The molecule has 0 bridgehead atoms. The molecule has 0 saturated heterocycles. The van der Waals surface area contributed by atoms with Gasteiger partial charge in [0.25, 0.3) is 0 Å². The first-order chi connectivity index (χ1) is 13.8. The monoisotopic (exact) mass is 376 g/mol. The van der Waals surface area contributed by atoms with Crippen LogP contribution in [0.2, 0.25) is 0 Å². The Labute approximate surface area is 168 Å². The SMILES string of the molecule is NN1c2c#cccc2C2(c3ccccc3Sc3ccccc32)c2ccccc21. The van der Waals surface area contributed by atoms with Crippen molar-refractivity contribution < 1.29 is 0 Å². The summed E-state index contributed by atoms with van der Waals surface area (Å²) < 4.78 is 0. The van der Waals surface area contributed by atoms with E-state index >= 15 is 0 Å². The molecule has 0 unspecified atom stereocenters. The van der Waals surface area contributed by atoms with E-state index in [-0.39, 0.29) is 0 Å². The van der Waals surface area contributed by atoms with Crippen LogP contribution in [0, 0.1) is 12.1 Å². The second-order valence-electron chi connectivity index (χ2n) is 7.10. The molecule has 0 saturated carbocycles. The molecule has 0 fully saturated rings. The van der Waals surface area contributed by atoms with Crippen molar-refractivity contribution in [3.8, 4) is 0 Å². The summed E-state index contributed by atoms with van der Waals surface area (Å²) in [6, 6.07) is 36.3. The standard InChI is InChI=1S/C25H16N2S/c26-27-21-13-5-1-9-17(21)25(18-10-2-6-14-22(18)27)19-11-3-7-15-23(19)28-24-16-8-4-12-20(24)25/h1-5,7-13,15-16H,26H2. The van der Waals surface area contributed by atoms with E-state index in [2.05, 4.69) is 84.9 Å². The van der Waals surface area contributed by atoms with Crippen LogP contribution >= 0.6 is 11.8 Å². The van der Waals surface area contributed by atoms with Gasteiger partial charge < -0.3 is 0 Å². The van der Waals surface area contributed by atoms with Crippen LogP contribution in [0.3, 0.4) is 0 Å². The lowest BCUT2D eigenvalue weighted by Crippen LogP contribution is -2.42. The molecular formula is C25H16N2S. The number of para-hydroxylation sites is 1. The van der Waals surface area contributed by atoms with Gasteiger partial charge in [0.15, 0.2) is 0 Å². The highest BCUT2D eigenvalue weighted by Crippen LogP contribution is 2.60. The first kappa shape index (κ1) is 15.8. The maximum atomic E-state index is 6.56. The van der Waals surface area contributed by atoms with E-state index in [0.717, 1.165) is 16.9 Å². The van der Waals surface area contributed by atoms with Gasteiger partial charge in [0.2, 0.25) is 0 Å². The van der Waals surface area contributed by atoms with Gasteiger partial charge in [-0.1, -0.05) is 72.4 Å². The number of rotatable bonds is 0. The minimum atomic E-state index is -0.425. The Bertz CT molecular complexity index is 1140. The van der Waals surface area contributed by atoms with Gasteiger partial charge in [-0.15, -0.1) is 0 Å². The molecule has 2 N–H and O–H groups in total. The number of fused-ring (bicyclic) bond motifs is 8. The molecule has 1 spiro atoms. The van der Waals surface area contributed by atoms with Gasteiger partial charge in [0.05, 0.1) is 11.1 Å². The molecule has 0 aliphatic carbocycles. The topological polar surface area (TPSA) is 29.3 Å². The van der Waals surface area contributed by atoms with Gasteiger partial charge in [0.1, 0.15) is 5.69 Å². The third kappa shape index (κ3) is 1.84. The molecule has 4 aromatic rings. The average molecular weight is 376 g/mol. The molecule has 2 aliphatic rings. The molecule has 6 rings (SSSR count). The maximum Gasteiger partial charge on any atom is 0.112 e. The minimum absolute atomic E-state index is 0.425. The van der Waals surface area contributed by atoms with Gasteiger partial charge >= 0.3 is 0 Å². The van der Waals surface area contributed by atoms with Crippen molar-refractivity contribution in [2.24, 2.45) is 5.84 Å². The molecule has 4 aromatic carbocycles. The smallest absolute Gasteiger partial charge is 0.112 e. The number of hydrogen-bond donors (Lipinski definition) is 1. The Morgan fingerprint density at radius 1 is 0.714 bits per heavy atom. The maximum absolute atomic E-state index is 6.56. The number of nitrogens with zero attached hydrogens (tertiary/aromatic N) is 1. The van der Waals surface area contributed by atoms with E-state index in [1.807, 2.05) is 23.9 Å². The van der Waals surface area contributed by atoms with Gasteiger partial charge in [-0.2, -0.15) is 0 Å². The van der Waals surface area contributed by atoms with E-state index in [4.69, 9.17) is 5.84 Å². The Kier molecular flexibility index (Phi) is 3.20.